The summed E-state index contributed by atoms with van der Waals surface area (Å²) in [6.45, 7) is 4.05. The van der Waals surface area contributed by atoms with Crippen LogP contribution in [0.15, 0.2) is 42.5 Å². The van der Waals surface area contributed by atoms with Gasteiger partial charge in [-0.2, -0.15) is 0 Å². The van der Waals surface area contributed by atoms with Crippen molar-refractivity contribution in [1.29, 1.82) is 0 Å². The van der Waals surface area contributed by atoms with Gasteiger partial charge in [0.1, 0.15) is 5.75 Å². The Morgan fingerprint density at radius 3 is 2.42 bits per heavy atom. The minimum absolute atomic E-state index is 0. The van der Waals surface area contributed by atoms with Gasteiger partial charge in [0.05, 0.1) is 23.4 Å². The van der Waals surface area contributed by atoms with Gasteiger partial charge in [-0.3, -0.25) is 4.79 Å². The molecular weight excluding hydrogens is 347 g/mol. The van der Waals surface area contributed by atoms with Crippen molar-refractivity contribution in [3.05, 3.63) is 58.6 Å². The highest BCUT2D eigenvalue weighted by Gasteiger charge is 2.20. The van der Waals surface area contributed by atoms with E-state index in [4.69, 9.17) is 22.1 Å². The third-order valence-corrected chi connectivity index (χ3v) is 4.32. The van der Waals surface area contributed by atoms with E-state index in [-0.39, 0.29) is 30.3 Å². The van der Waals surface area contributed by atoms with Crippen molar-refractivity contribution in [2.45, 2.75) is 25.8 Å². The summed E-state index contributed by atoms with van der Waals surface area (Å²) in [5.41, 5.74) is 7.67. The fourth-order valence-corrected chi connectivity index (χ4v) is 2.53. The van der Waals surface area contributed by atoms with E-state index in [0.29, 0.717) is 22.0 Å². The van der Waals surface area contributed by atoms with Crippen LogP contribution < -0.4 is 15.8 Å². The standard InChI is InChI=1S/C18H21ClN2O2.ClH/c1-11(13-7-5-4-6-8-13)12(2)21-18(22)14-9-15(19)16(20)10-17(14)23-3;/h4-12H,20H2,1-3H3,(H,21,22);1H. The number of halogens is 2. The summed E-state index contributed by atoms with van der Waals surface area (Å²) >= 11 is 6.02. The third kappa shape index (κ3) is 4.56. The quantitative estimate of drug-likeness (QED) is 0.774. The second-order valence-electron chi connectivity index (χ2n) is 5.54. The fourth-order valence-electron chi connectivity index (χ4n) is 2.37. The fraction of sp³-hybridized carbons (Fsp3) is 0.278. The summed E-state index contributed by atoms with van der Waals surface area (Å²) in [6.07, 6.45) is 0. The Bertz CT molecular complexity index is 693. The van der Waals surface area contributed by atoms with Crippen LogP contribution in [0.5, 0.6) is 5.75 Å². The zero-order chi connectivity index (χ0) is 17.0. The van der Waals surface area contributed by atoms with E-state index in [1.807, 2.05) is 37.3 Å². The number of nitrogen functional groups attached to an aromatic ring is 1. The van der Waals surface area contributed by atoms with Crippen LogP contribution in [-0.2, 0) is 0 Å². The highest BCUT2D eigenvalue weighted by Crippen LogP contribution is 2.29. The van der Waals surface area contributed by atoms with E-state index in [2.05, 4.69) is 12.2 Å². The predicted octanol–water partition coefficient (Wildman–Crippen LogP) is 4.27. The minimum Gasteiger partial charge on any atom is -0.496 e. The molecule has 0 radical (unpaired) electrons. The molecule has 2 aromatic carbocycles. The van der Waals surface area contributed by atoms with Gasteiger partial charge in [0, 0.05) is 18.0 Å². The number of nitrogens with one attached hydrogen (secondary N) is 1. The lowest BCUT2D eigenvalue weighted by Gasteiger charge is -2.22. The van der Waals surface area contributed by atoms with Gasteiger partial charge in [0.25, 0.3) is 5.91 Å². The Morgan fingerprint density at radius 2 is 1.83 bits per heavy atom. The zero-order valence-corrected chi connectivity index (χ0v) is 15.4. The molecule has 0 fully saturated rings. The number of carbonyl (C=O) groups is 1. The number of methoxy groups -OCH3 is 1. The van der Waals surface area contributed by atoms with E-state index < -0.39 is 0 Å². The van der Waals surface area contributed by atoms with E-state index in [1.165, 1.54) is 18.7 Å². The smallest absolute Gasteiger partial charge is 0.255 e. The number of anilines is 1. The first-order valence-electron chi connectivity index (χ1n) is 7.42. The summed E-state index contributed by atoms with van der Waals surface area (Å²) in [5.74, 6) is 0.346. The van der Waals surface area contributed by atoms with E-state index >= 15 is 0 Å². The lowest BCUT2D eigenvalue weighted by atomic mass is 9.94. The summed E-state index contributed by atoms with van der Waals surface area (Å²) in [5, 5.41) is 3.33. The van der Waals surface area contributed by atoms with Gasteiger partial charge in [-0.1, -0.05) is 48.9 Å². The maximum Gasteiger partial charge on any atom is 0.255 e. The summed E-state index contributed by atoms with van der Waals surface area (Å²) in [4.78, 5) is 12.5. The number of hydrogen-bond donors (Lipinski definition) is 2. The summed E-state index contributed by atoms with van der Waals surface area (Å²) < 4.78 is 5.23. The van der Waals surface area contributed by atoms with Crippen LogP contribution in [-0.4, -0.2) is 19.1 Å². The molecule has 4 nitrogen and oxygen atoms in total. The van der Waals surface area contributed by atoms with E-state index in [9.17, 15) is 4.79 Å². The van der Waals surface area contributed by atoms with Crippen LogP contribution in [0.1, 0.15) is 35.7 Å². The molecule has 0 aliphatic rings. The van der Waals surface area contributed by atoms with Crippen LogP contribution in [0, 0.1) is 0 Å². The maximum atomic E-state index is 12.5. The molecule has 1 amide bonds. The largest absolute Gasteiger partial charge is 0.496 e. The Labute approximate surface area is 153 Å². The second-order valence-corrected chi connectivity index (χ2v) is 5.94. The van der Waals surface area contributed by atoms with Crippen LogP contribution >= 0.6 is 24.0 Å². The minimum atomic E-state index is -0.237. The van der Waals surface area contributed by atoms with Gasteiger partial charge in [0.15, 0.2) is 0 Å². The Kier molecular flexibility index (Phi) is 7.39. The first-order chi connectivity index (χ1) is 10.9. The molecule has 24 heavy (non-hydrogen) atoms. The molecule has 0 saturated heterocycles. The molecule has 0 aliphatic heterocycles. The van der Waals surface area contributed by atoms with Gasteiger partial charge in [0.2, 0.25) is 0 Å². The van der Waals surface area contributed by atoms with Crippen LogP contribution in [0.4, 0.5) is 5.69 Å². The van der Waals surface area contributed by atoms with Crippen molar-refractivity contribution < 1.29 is 9.53 Å². The monoisotopic (exact) mass is 368 g/mol. The van der Waals surface area contributed by atoms with Crippen molar-refractivity contribution in [2.24, 2.45) is 0 Å². The number of carbonyl (C=O) groups excluding carboxylic acids is 1. The van der Waals surface area contributed by atoms with Gasteiger partial charge >= 0.3 is 0 Å². The Hall–Kier alpha value is -1.91. The van der Waals surface area contributed by atoms with E-state index in [1.54, 1.807) is 6.07 Å². The molecule has 130 valence electrons. The number of ether oxygens (including phenoxy) is 1. The molecule has 0 aliphatic carbocycles. The van der Waals surface area contributed by atoms with Crippen molar-refractivity contribution in [3.8, 4) is 5.75 Å². The molecule has 2 atom stereocenters. The third-order valence-electron chi connectivity index (χ3n) is 4.00. The Morgan fingerprint density at radius 1 is 1.21 bits per heavy atom. The molecule has 2 aromatic rings. The average molecular weight is 369 g/mol. The normalized spacial score (nSPS) is 12.7. The molecule has 0 heterocycles. The topological polar surface area (TPSA) is 64.3 Å². The number of hydrogen-bond acceptors (Lipinski definition) is 3. The first kappa shape index (κ1) is 20.1. The lowest BCUT2D eigenvalue weighted by Crippen LogP contribution is -2.36. The van der Waals surface area contributed by atoms with Crippen molar-refractivity contribution >= 4 is 35.6 Å². The number of nitrogens with two attached hydrogens (primary N) is 1. The molecule has 6 heteroatoms. The first-order valence-corrected chi connectivity index (χ1v) is 7.80. The highest BCUT2D eigenvalue weighted by molar-refractivity contribution is 6.33. The molecule has 0 bridgehead atoms. The molecule has 2 unspecified atom stereocenters. The van der Waals surface area contributed by atoms with E-state index in [0.717, 1.165) is 0 Å². The zero-order valence-electron chi connectivity index (χ0n) is 13.9. The SMILES string of the molecule is COc1cc(N)c(Cl)cc1C(=O)NC(C)C(C)c1ccccc1.Cl. The van der Waals surface area contributed by atoms with Gasteiger partial charge in [-0.05, 0) is 18.6 Å². The molecule has 0 aromatic heterocycles. The van der Waals surface area contributed by atoms with Crippen molar-refractivity contribution in [2.75, 3.05) is 12.8 Å². The van der Waals surface area contributed by atoms with Gasteiger partial charge in [-0.25, -0.2) is 0 Å². The predicted molar refractivity (Wildman–Crippen MR) is 101 cm³/mol. The Balaban J connectivity index is 0.00000288. The molecule has 3 N–H and O–H groups in total. The second kappa shape index (κ2) is 8.81. The van der Waals surface area contributed by atoms with Crippen LogP contribution in [0.3, 0.4) is 0 Å². The molecule has 2 rings (SSSR count). The molecular formula is C18H22Cl2N2O2. The molecule has 0 spiro atoms. The van der Waals surface area contributed by atoms with Gasteiger partial charge in [-0.15, -0.1) is 12.4 Å². The lowest BCUT2D eigenvalue weighted by molar-refractivity contribution is 0.0932. The average Bonchev–Trinajstić information content (AvgIpc) is 2.56. The maximum absolute atomic E-state index is 12.5. The van der Waals surface area contributed by atoms with Crippen LogP contribution in [0.2, 0.25) is 5.02 Å². The number of rotatable bonds is 5. The summed E-state index contributed by atoms with van der Waals surface area (Å²) in [6, 6.07) is 13.1. The van der Waals surface area contributed by atoms with Gasteiger partial charge < -0.3 is 15.8 Å². The highest BCUT2D eigenvalue weighted by atomic mass is 35.5. The van der Waals surface area contributed by atoms with Crippen LogP contribution in [0.25, 0.3) is 0 Å². The number of amides is 1. The van der Waals surface area contributed by atoms with Crippen molar-refractivity contribution in [1.82, 2.24) is 5.32 Å². The summed E-state index contributed by atoms with van der Waals surface area (Å²) in [7, 11) is 1.50. The molecule has 0 saturated carbocycles. The number of benzene rings is 2. The van der Waals surface area contributed by atoms with Crippen molar-refractivity contribution in [3.63, 3.8) is 0 Å².